The van der Waals surface area contributed by atoms with E-state index >= 15 is 0 Å². The third-order valence-electron chi connectivity index (χ3n) is 2.94. The third kappa shape index (κ3) is 3.25. The van der Waals surface area contributed by atoms with Crippen molar-refractivity contribution in [3.63, 3.8) is 0 Å². The number of amides is 2. The summed E-state index contributed by atoms with van der Waals surface area (Å²) in [6.07, 6.45) is 1.31. The van der Waals surface area contributed by atoms with Crippen molar-refractivity contribution >= 4 is 39.9 Å². The SMILES string of the molecule is NC(=O)c1cnc(NC(=O)c2ccc(-c3ccccc3Cl)o2)s1. The number of carbonyl (C=O) groups is 2. The highest BCUT2D eigenvalue weighted by Crippen LogP contribution is 2.29. The maximum atomic E-state index is 12.1. The lowest BCUT2D eigenvalue weighted by Crippen LogP contribution is -2.10. The van der Waals surface area contributed by atoms with Crippen LogP contribution in [0.4, 0.5) is 5.13 Å². The van der Waals surface area contributed by atoms with E-state index in [-0.39, 0.29) is 15.8 Å². The normalized spacial score (nSPS) is 10.5. The summed E-state index contributed by atoms with van der Waals surface area (Å²) in [6.45, 7) is 0. The van der Waals surface area contributed by atoms with E-state index in [2.05, 4.69) is 10.3 Å². The van der Waals surface area contributed by atoms with Gasteiger partial charge in [0, 0.05) is 5.56 Å². The lowest BCUT2D eigenvalue weighted by molar-refractivity contribution is 0.0992. The summed E-state index contributed by atoms with van der Waals surface area (Å²) < 4.78 is 5.53. The van der Waals surface area contributed by atoms with Crippen molar-refractivity contribution in [3.05, 3.63) is 58.3 Å². The molecule has 0 spiro atoms. The minimum Gasteiger partial charge on any atom is -0.451 e. The fourth-order valence-electron chi connectivity index (χ4n) is 1.87. The first kappa shape index (κ1) is 15.3. The van der Waals surface area contributed by atoms with E-state index in [1.54, 1.807) is 24.3 Å². The second-order valence-corrected chi connectivity index (χ2v) is 5.93. The van der Waals surface area contributed by atoms with Crippen LogP contribution in [0.5, 0.6) is 0 Å². The number of halogens is 1. The molecule has 6 nitrogen and oxygen atoms in total. The van der Waals surface area contributed by atoms with Gasteiger partial charge in [0.2, 0.25) is 0 Å². The highest BCUT2D eigenvalue weighted by molar-refractivity contribution is 7.17. The van der Waals surface area contributed by atoms with E-state index in [1.807, 2.05) is 6.07 Å². The zero-order valence-electron chi connectivity index (χ0n) is 11.6. The van der Waals surface area contributed by atoms with Crippen LogP contribution in [0, 0.1) is 0 Å². The molecule has 0 fully saturated rings. The number of aromatic nitrogens is 1. The van der Waals surface area contributed by atoms with Crippen LogP contribution in [0.15, 0.2) is 47.0 Å². The average molecular weight is 348 g/mol. The van der Waals surface area contributed by atoms with Gasteiger partial charge in [0.15, 0.2) is 10.9 Å². The smallest absolute Gasteiger partial charge is 0.293 e. The van der Waals surface area contributed by atoms with Crippen LogP contribution in [-0.4, -0.2) is 16.8 Å². The van der Waals surface area contributed by atoms with Crippen molar-refractivity contribution in [1.82, 2.24) is 4.98 Å². The molecule has 0 saturated carbocycles. The zero-order chi connectivity index (χ0) is 16.4. The predicted molar refractivity (Wildman–Crippen MR) is 87.7 cm³/mol. The Hall–Kier alpha value is -2.64. The van der Waals surface area contributed by atoms with Gasteiger partial charge in [-0.15, -0.1) is 0 Å². The Morgan fingerprint density at radius 1 is 1.22 bits per heavy atom. The minimum absolute atomic E-state index is 0.107. The number of primary amides is 1. The molecule has 3 N–H and O–H groups in total. The molecule has 0 aliphatic carbocycles. The van der Waals surface area contributed by atoms with Gasteiger partial charge in [-0.3, -0.25) is 14.9 Å². The number of carbonyl (C=O) groups excluding carboxylic acids is 2. The molecule has 2 heterocycles. The van der Waals surface area contributed by atoms with Crippen molar-refractivity contribution in [1.29, 1.82) is 0 Å². The van der Waals surface area contributed by atoms with Crippen LogP contribution < -0.4 is 11.1 Å². The van der Waals surface area contributed by atoms with Gasteiger partial charge in [0.1, 0.15) is 10.6 Å². The fraction of sp³-hybridized carbons (Fsp3) is 0. The summed E-state index contributed by atoms with van der Waals surface area (Å²) in [5, 5.41) is 3.34. The molecular weight excluding hydrogens is 338 g/mol. The Morgan fingerprint density at radius 2 is 2.00 bits per heavy atom. The first-order valence-corrected chi connectivity index (χ1v) is 7.66. The number of thiazole rings is 1. The van der Waals surface area contributed by atoms with Gasteiger partial charge in [-0.05, 0) is 24.3 Å². The molecule has 2 amide bonds. The van der Waals surface area contributed by atoms with Crippen molar-refractivity contribution in [2.45, 2.75) is 0 Å². The van der Waals surface area contributed by atoms with Crippen LogP contribution in [0.25, 0.3) is 11.3 Å². The van der Waals surface area contributed by atoms with Gasteiger partial charge in [-0.25, -0.2) is 4.98 Å². The molecule has 1 aromatic carbocycles. The van der Waals surface area contributed by atoms with Crippen LogP contribution in [0.3, 0.4) is 0 Å². The topological polar surface area (TPSA) is 98.2 Å². The highest BCUT2D eigenvalue weighted by atomic mass is 35.5. The van der Waals surface area contributed by atoms with Gasteiger partial charge in [-0.2, -0.15) is 0 Å². The number of furan rings is 1. The number of nitrogens with two attached hydrogens (primary N) is 1. The van der Waals surface area contributed by atoms with Gasteiger partial charge >= 0.3 is 0 Å². The number of nitrogens with zero attached hydrogens (tertiary/aromatic N) is 1. The third-order valence-corrected chi connectivity index (χ3v) is 4.20. The van der Waals surface area contributed by atoms with Crippen molar-refractivity contribution < 1.29 is 14.0 Å². The minimum atomic E-state index is -0.595. The molecule has 0 aliphatic heterocycles. The van der Waals surface area contributed by atoms with Crippen LogP contribution >= 0.6 is 22.9 Å². The Balaban J connectivity index is 1.78. The molecule has 0 atom stereocenters. The number of benzene rings is 1. The van der Waals surface area contributed by atoms with Gasteiger partial charge in [0.05, 0.1) is 11.2 Å². The Labute approximate surface area is 139 Å². The first-order chi connectivity index (χ1) is 11.0. The Kier molecular flexibility index (Phi) is 4.14. The number of hydrogen-bond donors (Lipinski definition) is 2. The van der Waals surface area contributed by atoms with Gasteiger partial charge < -0.3 is 10.2 Å². The Morgan fingerprint density at radius 3 is 2.70 bits per heavy atom. The zero-order valence-corrected chi connectivity index (χ0v) is 13.1. The monoisotopic (exact) mass is 347 g/mol. The maximum absolute atomic E-state index is 12.1. The Bertz CT molecular complexity index is 887. The van der Waals surface area contributed by atoms with E-state index in [1.165, 1.54) is 12.3 Å². The van der Waals surface area contributed by atoms with E-state index < -0.39 is 11.8 Å². The molecule has 0 saturated heterocycles. The molecule has 8 heteroatoms. The first-order valence-electron chi connectivity index (χ1n) is 6.46. The standard InChI is InChI=1S/C15H10ClN3O3S/c16-9-4-2-1-3-8(9)10-5-6-11(22-10)14(21)19-15-18-7-12(23-15)13(17)20/h1-7H,(H2,17,20)(H,18,19,21). The molecule has 0 radical (unpaired) electrons. The van der Waals surface area contributed by atoms with Crippen LogP contribution in [0.2, 0.25) is 5.02 Å². The number of anilines is 1. The average Bonchev–Trinajstić information content (AvgIpc) is 3.16. The van der Waals surface area contributed by atoms with Crippen LogP contribution in [0.1, 0.15) is 20.2 Å². The molecule has 0 unspecified atom stereocenters. The second kappa shape index (κ2) is 6.23. The largest absolute Gasteiger partial charge is 0.451 e. The summed E-state index contributed by atoms with van der Waals surface area (Å²) in [4.78, 5) is 27.3. The summed E-state index contributed by atoms with van der Waals surface area (Å²) in [5.41, 5.74) is 5.83. The molecule has 116 valence electrons. The quantitative estimate of drug-likeness (QED) is 0.755. The van der Waals surface area contributed by atoms with Crippen molar-refractivity contribution in [2.24, 2.45) is 5.73 Å². The summed E-state index contributed by atoms with van der Waals surface area (Å²) in [7, 11) is 0. The van der Waals surface area contributed by atoms with E-state index in [4.69, 9.17) is 21.8 Å². The summed E-state index contributed by atoms with van der Waals surface area (Å²) >= 11 is 7.09. The lowest BCUT2D eigenvalue weighted by Gasteiger charge is -2.00. The highest BCUT2D eigenvalue weighted by Gasteiger charge is 2.16. The molecule has 0 bridgehead atoms. The summed E-state index contributed by atoms with van der Waals surface area (Å²) in [6, 6.07) is 10.4. The lowest BCUT2D eigenvalue weighted by atomic mass is 10.2. The van der Waals surface area contributed by atoms with Gasteiger partial charge in [0.25, 0.3) is 11.8 Å². The maximum Gasteiger partial charge on any atom is 0.293 e. The number of nitrogens with one attached hydrogen (secondary N) is 1. The van der Waals surface area contributed by atoms with E-state index in [0.29, 0.717) is 16.3 Å². The molecular formula is C15H10ClN3O3S. The van der Waals surface area contributed by atoms with Crippen molar-refractivity contribution in [2.75, 3.05) is 5.32 Å². The number of rotatable bonds is 4. The van der Waals surface area contributed by atoms with Crippen LogP contribution in [-0.2, 0) is 0 Å². The molecule has 3 rings (SSSR count). The summed E-state index contributed by atoms with van der Waals surface area (Å²) in [5.74, 6) is -0.482. The van der Waals surface area contributed by atoms with Crippen molar-refractivity contribution in [3.8, 4) is 11.3 Å². The van der Waals surface area contributed by atoms with E-state index in [9.17, 15) is 9.59 Å². The fourth-order valence-corrected chi connectivity index (χ4v) is 2.76. The second-order valence-electron chi connectivity index (χ2n) is 4.49. The molecule has 3 aromatic rings. The van der Waals surface area contributed by atoms with Gasteiger partial charge in [-0.1, -0.05) is 35.1 Å². The molecule has 0 aliphatic rings. The predicted octanol–water partition coefficient (Wildman–Crippen LogP) is 3.41. The molecule has 2 aromatic heterocycles. The van der Waals surface area contributed by atoms with E-state index in [0.717, 1.165) is 11.3 Å². The number of hydrogen-bond acceptors (Lipinski definition) is 5. The molecule has 23 heavy (non-hydrogen) atoms.